The Balaban J connectivity index is 1.84. The van der Waals surface area contributed by atoms with Gasteiger partial charge in [-0.25, -0.2) is 4.39 Å². The molecule has 5 nitrogen and oxygen atoms in total. The molecule has 5 rings (SSSR count). The summed E-state index contributed by atoms with van der Waals surface area (Å²) < 4.78 is 16.6. The fourth-order valence-electron chi connectivity index (χ4n) is 3.66. The molecule has 3 heterocycles. The highest BCUT2D eigenvalue weighted by atomic mass is 79.9. The van der Waals surface area contributed by atoms with Crippen LogP contribution in [0, 0.1) is 5.82 Å². The highest BCUT2D eigenvalue weighted by molar-refractivity contribution is 9.10. The summed E-state index contributed by atoms with van der Waals surface area (Å²) in [7, 11) is 0. The van der Waals surface area contributed by atoms with Gasteiger partial charge in [0.15, 0.2) is 0 Å². The molecule has 0 spiro atoms. The highest BCUT2D eigenvalue weighted by Crippen LogP contribution is 2.37. The van der Waals surface area contributed by atoms with Crippen LogP contribution >= 0.6 is 15.9 Å². The van der Waals surface area contributed by atoms with Crippen molar-refractivity contribution in [2.75, 3.05) is 11.4 Å². The van der Waals surface area contributed by atoms with Gasteiger partial charge in [0, 0.05) is 17.6 Å². The summed E-state index contributed by atoms with van der Waals surface area (Å²) in [6.45, 7) is 0.834. The molecule has 0 saturated carbocycles. The quantitative estimate of drug-likeness (QED) is 0.457. The van der Waals surface area contributed by atoms with E-state index in [0.29, 0.717) is 10.3 Å². The zero-order chi connectivity index (χ0) is 17.7. The molecule has 2 aromatic carbocycles. The van der Waals surface area contributed by atoms with Crippen LogP contribution in [0.25, 0.3) is 16.7 Å². The number of aryl methyl sites for hydroxylation is 1. The Labute approximate surface area is 157 Å². The molecule has 0 N–H and O–H groups in total. The molecule has 1 aliphatic rings. The van der Waals surface area contributed by atoms with Gasteiger partial charge in [-0.05, 0) is 59.0 Å². The molecule has 7 heteroatoms. The lowest BCUT2D eigenvalue weighted by molar-refractivity contribution is 0.623. The fraction of sp³-hybridized carbons (Fsp3) is 0.211. The van der Waals surface area contributed by atoms with Crippen molar-refractivity contribution < 1.29 is 4.39 Å². The Morgan fingerprint density at radius 3 is 2.92 bits per heavy atom. The number of fused-ring (bicyclic) bond motifs is 4. The van der Waals surface area contributed by atoms with Crippen LogP contribution in [0.4, 0.5) is 15.9 Å². The minimum absolute atomic E-state index is 0.309. The molecule has 1 aliphatic heterocycles. The number of anilines is 2. The number of aromatic nitrogens is 4. The first-order valence-electron chi connectivity index (χ1n) is 8.56. The van der Waals surface area contributed by atoms with Gasteiger partial charge < -0.3 is 4.90 Å². The molecule has 0 saturated heterocycles. The van der Waals surface area contributed by atoms with Crippen LogP contribution in [0.3, 0.4) is 0 Å². The number of benzene rings is 2. The number of para-hydroxylation sites is 1. The molecule has 0 aliphatic carbocycles. The Morgan fingerprint density at radius 1 is 1.12 bits per heavy atom. The first-order valence-corrected chi connectivity index (χ1v) is 9.35. The maximum absolute atomic E-state index is 14.4. The van der Waals surface area contributed by atoms with Crippen molar-refractivity contribution in [1.82, 2.24) is 19.6 Å². The zero-order valence-electron chi connectivity index (χ0n) is 13.9. The molecule has 2 aromatic heterocycles. The monoisotopic (exact) mass is 411 g/mol. The van der Waals surface area contributed by atoms with Crippen LogP contribution in [-0.2, 0) is 6.42 Å². The van der Waals surface area contributed by atoms with Gasteiger partial charge in [0.25, 0.3) is 5.78 Å². The van der Waals surface area contributed by atoms with Crippen molar-refractivity contribution in [2.24, 2.45) is 0 Å². The summed E-state index contributed by atoms with van der Waals surface area (Å²) in [5.41, 5.74) is 3.25. The van der Waals surface area contributed by atoms with Gasteiger partial charge in [-0.15, -0.1) is 10.2 Å². The Kier molecular flexibility index (Phi) is 3.63. The molecule has 0 unspecified atom stereocenters. The molecule has 26 heavy (non-hydrogen) atoms. The van der Waals surface area contributed by atoms with Crippen LogP contribution in [0.5, 0.6) is 0 Å². The second-order valence-electron chi connectivity index (χ2n) is 6.46. The van der Waals surface area contributed by atoms with Crippen LogP contribution < -0.4 is 4.90 Å². The average Bonchev–Trinajstić information content (AvgIpc) is 3.02. The standard InChI is InChI=1S/C19H15BrFN5/c20-14-10-17-13(9-15(14)21)18(23-19-24-22-11-26(17)19)25-8-4-3-6-12-5-1-2-7-16(12)25/h1-2,5,7,9-11H,3-4,6,8H2. The predicted octanol–water partition coefficient (Wildman–Crippen LogP) is 4.65. The second kappa shape index (κ2) is 6.02. The lowest BCUT2D eigenvalue weighted by Crippen LogP contribution is -2.20. The summed E-state index contributed by atoms with van der Waals surface area (Å²) >= 11 is 3.29. The van der Waals surface area contributed by atoms with Crippen LogP contribution in [0.2, 0.25) is 0 Å². The number of hydrogen-bond acceptors (Lipinski definition) is 4. The third-order valence-corrected chi connectivity index (χ3v) is 5.50. The number of halogens is 2. The minimum atomic E-state index is -0.309. The van der Waals surface area contributed by atoms with Crippen LogP contribution in [0.15, 0.2) is 47.2 Å². The summed E-state index contributed by atoms with van der Waals surface area (Å²) in [6, 6.07) is 11.7. The molecular weight excluding hydrogens is 397 g/mol. The lowest BCUT2D eigenvalue weighted by atomic mass is 10.1. The van der Waals surface area contributed by atoms with E-state index in [4.69, 9.17) is 4.98 Å². The SMILES string of the molecule is Fc1cc2c(N3CCCCc4ccccc43)nc3nncn3c2cc1Br. The van der Waals surface area contributed by atoms with E-state index in [0.717, 1.165) is 48.2 Å². The van der Waals surface area contributed by atoms with Crippen molar-refractivity contribution in [1.29, 1.82) is 0 Å². The highest BCUT2D eigenvalue weighted by Gasteiger charge is 2.22. The van der Waals surface area contributed by atoms with E-state index in [2.05, 4.69) is 49.2 Å². The van der Waals surface area contributed by atoms with Crippen LogP contribution in [0.1, 0.15) is 18.4 Å². The molecule has 4 aromatic rings. The third-order valence-electron chi connectivity index (χ3n) is 4.89. The normalized spacial score (nSPS) is 14.6. The van der Waals surface area contributed by atoms with Gasteiger partial charge >= 0.3 is 0 Å². The molecule has 0 fully saturated rings. The molecule has 0 atom stereocenters. The van der Waals surface area contributed by atoms with E-state index in [1.165, 1.54) is 11.6 Å². The molecular formula is C19H15BrFN5. The van der Waals surface area contributed by atoms with Crippen molar-refractivity contribution in [2.45, 2.75) is 19.3 Å². The summed E-state index contributed by atoms with van der Waals surface area (Å²) in [5, 5.41) is 8.84. The maximum Gasteiger partial charge on any atom is 0.257 e. The second-order valence-corrected chi connectivity index (χ2v) is 7.31. The van der Waals surface area contributed by atoms with Crippen LogP contribution in [-0.4, -0.2) is 26.1 Å². The van der Waals surface area contributed by atoms with E-state index >= 15 is 0 Å². The summed E-state index contributed by atoms with van der Waals surface area (Å²) in [5.74, 6) is 0.921. The first kappa shape index (κ1) is 15.7. The molecule has 0 amide bonds. The average molecular weight is 412 g/mol. The van der Waals surface area contributed by atoms with E-state index in [9.17, 15) is 4.39 Å². The van der Waals surface area contributed by atoms with Gasteiger partial charge in [-0.2, -0.15) is 4.98 Å². The van der Waals surface area contributed by atoms with Gasteiger partial charge in [-0.3, -0.25) is 4.40 Å². The minimum Gasteiger partial charge on any atom is -0.325 e. The number of rotatable bonds is 1. The van der Waals surface area contributed by atoms with Crippen molar-refractivity contribution in [3.63, 3.8) is 0 Å². The zero-order valence-corrected chi connectivity index (χ0v) is 15.4. The Hall–Kier alpha value is -2.54. The topological polar surface area (TPSA) is 46.3 Å². The third kappa shape index (κ3) is 2.38. The van der Waals surface area contributed by atoms with E-state index in [1.54, 1.807) is 16.8 Å². The number of nitrogens with zero attached hydrogens (tertiary/aromatic N) is 5. The molecule has 0 radical (unpaired) electrons. The smallest absolute Gasteiger partial charge is 0.257 e. The van der Waals surface area contributed by atoms with E-state index in [1.807, 2.05) is 6.07 Å². The summed E-state index contributed by atoms with van der Waals surface area (Å²) in [6.07, 6.45) is 4.82. The summed E-state index contributed by atoms with van der Waals surface area (Å²) in [4.78, 5) is 6.92. The van der Waals surface area contributed by atoms with E-state index in [-0.39, 0.29) is 5.82 Å². The van der Waals surface area contributed by atoms with E-state index < -0.39 is 0 Å². The van der Waals surface area contributed by atoms with Crippen molar-refractivity contribution >= 4 is 44.1 Å². The number of hydrogen-bond donors (Lipinski definition) is 0. The molecule has 0 bridgehead atoms. The fourth-order valence-corrected chi connectivity index (χ4v) is 3.99. The maximum atomic E-state index is 14.4. The van der Waals surface area contributed by atoms with Gasteiger partial charge in [0.1, 0.15) is 18.0 Å². The van der Waals surface area contributed by atoms with Gasteiger partial charge in [0.05, 0.1) is 9.99 Å². The Bertz CT molecular complexity index is 1140. The van der Waals surface area contributed by atoms with Crippen molar-refractivity contribution in [3.05, 3.63) is 58.6 Å². The van der Waals surface area contributed by atoms with Gasteiger partial charge in [-0.1, -0.05) is 18.2 Å². The predicted molar refractivity (Wildman–Crippen MR) is 102 cm³/mol. The molecule has 130 valence electrons. The first-order chi connectivity index (χ1) is 12.7. The van der Waals surface area contributed by atoms with Gasteiger partial charge in [0.2, 0.25) is 0 Å². The van der Waals surface area contributed by atoms with Crippen molar-refractivity contribution in [3.8, 4) is 0 Å². The Morgan fingerprint density at radius 2 is 2.00 bits per heavy atom. The lowest BCUT2D eigenvalue weighted by Gasteiger charge is -2.25. The largest absolute Gasteiger partial charge is 0.325 e.